The molecule has 1 amide bonds. The maximum Gasteiger partial charge on any atom is 0.248 e. The smallest absolute Gasteiger partial charge is 0.248 e. The number of amides is 1. The molecule has 110 valence electrons. The molecular weight excluding hydrogens is 320 g/mol. The molecule has 1 aromatic carbocycles. The van der Waals surface area contributed by atoms with Crippen LogP contribution in [-0.2, 0) is 4.79 Å². The van der Waals surface area contributed by atoms with Gasteiger partial charge in [-0.25, -0.2) is 9.67 Å². The summed E-state index contributed by atoms with van der Waals surface area (Å²) in [7, 11) is 0. The number of hydrogen-bond acceptors (Lipinski definition) is 4. The van der Waals surface area contributed by atoms with Gasteiger partial charge < -0.3 is 5.32 Å². The van der Waals surface area contributed by atoms with E-state index in [4.69, 9.17) is 11.6 Å². The minimum atomic E-state index is -0.239. The van der Waals surface area contributed by atoms with E-state index in [0.29, 0.717) is 16.4 Å². The largest absolute Gasteiger partial charge is 0.321 e. The Morgan fingerprint density at radius 1 is 1.36 bits per heavy atom. The summed E-state index contributed by atoms with van der Waals surface area (Å²) in [5, 5.41) is 9.36. The van der Waals surface area contributed by atoms with Gasteiger partial charge in [-0.15, -0.1) is 11.3 Å². The number of carbonyl (C=O) groups excluding carboxylic acids is 1. The minimum absolute atomic E-state index is 0.239. The van der Waals surface area contributed by atoms with E-state index in [1.54, 1.807) is 46.6 Å². The highest BCUT2D eigenvalue weighted by Crippen LogP contribution is 2.24. The van der Waals surface area contributed by atoms with Gasteiger partial charge >= 0.3 is 0 Å². The van der Waals surface area contributed by atoms with Crippen molar-refractivity contribution in [2.45, 2.75) is 0 Å². The molecule has 3 rings (SSSR count). The topological polar surface area (TPSA) is 59.8 Å². The summed E-state index contributed by atoms with van der Waals surface area (Å²) in [6.07, 6.45) is 6.23. The molecule has 0 fully saturated rings. The molecule has 0 bridgehead atoms. The molecule has 2 aromatic heterocycles. The summed E-state index contributed by atoms with van der Waals surface area (Å²) < 4.78 is 1.56. The fourth-order valence-electron chi connectivity index (χ4n) is 1.86. The lowest BCUT2D eigenvalue weighted by Crippen LogP contribution is -2.11. The second-order valence-electron chi connectivity index (χ2n) is 4.34. The van der Waals surface area contributed by atoms with Gasteiger partial charge in [0.1, 0.15) is 12.7 Å². The predicted octanol–water partition coefficient (Wildman–Crippen LogP) is 3.63. The predicted molar refractivity (Wildman–Crippen MR) is 88.4 cm³/mol. The Hall–Kier alpha value is -2.44. The summed E-state index contributed by atoms with van der Waals surface area (Å²) in [5.74, 6) is -0.239. The first-order valence-corrected chi connectivity index (χ1v) is 7.65. The van der Waals surface area contributed by atoms with E-state index in [9.17, 15) is 4.79 Å². The summed E-state index contributed by atoms with van der Waals surface area (Å²) in [6, 6.07) is 9.05. The third kappa shape index (κ3) is 3.41. The van der Waals surface area contributed by atoms with Crippen molar-refractivity contribution in [3.63, 3.8) is 0 Å². The molecule has 1 N–H and O–H groups in total. The Balaban J connectivity index is 1.82. The summed E-state index contributed by atoms with van der Waals surface area (Å²) in [6.45, 7) is 0. The van der Waals surface area contributed by atoms with Gasteiger partial charge in [0, 0.05) is 16.0 Å². The Morgan fingerprint density at radius 2 is 2.27 bits per heavy atom. The van der Waals surface area contributed by atoms with Gasteiger partial charge in [-0.3, -0.25) is 4.79 Å². The Bertz CT molecular complexity index is 797. The van der Waals surface area contributed by atoms with Crippen LogP contribution in [0.3, 0.4) is 0 Å². The molecule has 0 spiro atoms. The van der Waals surface area contributed by atoms with Crippen molar-refractivity contribution in [2.75, 3.05) is 5.32 Å². The van der Waals surface area contributed by atoms with Crippen LogP contribution in [0.25, 0.3) is 11.8 Å². The highest BCUT2D eigenvalue weighted by molar-refractivity contribution is 7.10. The van der Waals surface area contributed by atoms with Gasteiger partial charge in [0.25, 0.3) is 0 Å². The van der Waals surface area contributed by atoms with Crippen LogP contribution in [0.5, 0.6) is 0 Å². The normalized spacial score (nSPS) is 11.0. The van der Waals surface area contributed by atoms with Crippen molar-refractivity contribution in [2.24, 2.45) is 0 Å². The first-order chi connectivity index (χ1) is 10.7. The third-order valence-corrected chi connectivity index (χ3v) is 3.90. The zero-order valence-electron chi connectivity index (χ0n) is 11.3. The fourth-order valence-corrected chi connectivity index (χ4v) is 2.65. The first kappa shape index (κ1) is 14.5. The lowest BCUT2D eigenvalue weighted by atomic mass is 10.2. The summed E-state index contributed by atoms with van der Waals surface area (Å²) >= 11 is 7.57. The van der Waals surface area contributed by atoms with E-state index in [1.807, 2.05) is 17.5 Å². The SMILES string of the molecule is O=C(/C=C/c1cccs1)Nc1cc(Cl)ccc1-n1cncn1. The van der Waals surface area contributed by atoms with Gasteiger partial charge in [0.05, 0.1) is 11.4 Å². The number of rotatable bonds is 4. The van der Waals surface area contributed by atoms with Crippen LogP contribution in [0.1, 0.15) is 4.88 Å². The number of nitrogens with zero attached hydrogens (tertiary/aromatic N) is 3. The van der Waals surface area contributed by atoms with Crippen molar-refractivity contribution >= 4 is 40.6 Å². The van der Waals surface area contributed by atoms with Crippen molar-refractivity contribution in [3.8, 4) is 5.69 Å². The highest BCUT2D eigenvalue weighted by Gasteiger charge is 2.08. The number of benzene rings is 1. The van der Waals surface area contributed by atoms with Crippen LogP contribution < -0.4 is 5.32 Å². The van der Waals surface area contributed by atoms with E-state index < -0.39 is 0 Å². The maximum atomic E-state index is 12.1. The highest BCUT2D eigenvalue weighted by atomic mass is 35.5. The van der Waals surface area contributed by atoms with Gasteiger partial charge in [-0.1, -0.05) is 17.7 Å². The van der Waals surface area contributed by atoms with Crippen LogP contribution in [-0.4, -0.2) is 20.7 Å². The van der Waals surface area contributed by atoms with E-state index >= 15 is 0 Å². The molecule has 0 aliphatic heterocycles. The van der Waals surface area contributed by atoms with Crippen LogP contribution in [0, 0.1) is 0 Å². The van der Waals surface area contributed by atoms with Crippen LogP contribution in [0.4, 0.5) is 5.69 Å². The van der Waals surface area contributed by atoms with Gasteiger partial charge in [-0.2, -0.15) is 5.10 Å². The zero-order chi connectivity index (χ0) is 15.4. The molecule has 0 unspecified atom stereocenters. The zero-order valence-corrected chi connectivity index (χ0v) is 12.9. The van der Waals surface area contributed by atoms with Crippen LogP contribution >= 0.6 is 22.9 Å². The Kier molecular flexibility index (Phi) is 4.32. The average Bonchev–Trinajstić information content (AvgIpc) is 3.19. The molecule has 0 saturated heterocycles. The van der Waals surface area contributed by atoms with Crippen LogP contribution in [0.2, 0.25) is 5.02 Å². The first-order valence-electron chi connectivity index (χ1n) is 6.39. The number of nitrogens with one attached hydrogen (secondary N) is 1. The third-order valence-electron chi connectivity index (χ3n) is 2.82. The number of anilines is 1. The molecule has 5 nitrogen and oxygen atoms in total. The molecule has 0 aliphatic rings. The van der Waals surface area contributed by atoms with Gasteiger partial charge in [-0.05, 0) is 35.7 Å². The molecule has 7 heteroatoms. The van der Waals surface area contributed by atoms with Gasteiger partial charge in [0.2, 0.25) is 5.91 Å². The van der Waals surface area contributed by atoms with Crippen molar-refractivity contribution < 1.29 is 4.79 Å². The van der Waals surface area contributed by atoms with E-state index in [-0.39, 0.29) is 5.91 Å². The van der Waals surface area contributed by atoms with E-state index in [2.05, 4.69) is 15.4 Å². The number of halogens is 1. The minimum Gasteiger partial charge on any atom is -0.321 e. The number of hydrogen-bond donors (Lipinski definition) is 1. The van der Waals surface area contributed by atoms with Crippen molar-refractivity contribution in [3.05, 3.63) is 64.3 Å². The average molecular weight is 331 g/mol. The summed E-state index contributed by atoms with van der Waals surface area (Å²) in [4.78, 5) is 17.0. The molecule has 0 atom stereocenters. The lowest BCUT2D eigenvalue weighted by molar-refractivity contribution is -0.111. The van der Waals surface area contributed by atoms with E-state index in [0.717, 1.165) is 4.88 Å². The van der Waals surface area contributed by atoms with Crippen LogP contribution in [0.15, 0.2) is 54.4 Å². The summed E-state index contributed by atoms with van der Waals surface area (Å²) in [5.41, 5.74) is 1.26. The number of aromatic nitrogens is 3. The molecule has 0 aliphatic carbocycles. The molecular formula is C15H11ClN4OS. The number of thiophene rings is 1. The molecule has 0 radical (unpaired) electrons. The quantitative estimate of drug-likeness (QED) is 0.743. The molecule has 22 heavy (non-hydrogen) atoms. The molecule has 0 saturated carbocycles. The maximum absolute atomic E-state index is 12.1. The second kappa shape index (κ2) is 6.55. The van der Waals surface area contributed by atoms with E-state index in [1.165, 1.54) is 12.4 Å². The standard InChI is InChI=1S/C15H11ClN4OS/c16-11-3-5-14(20-10-17-9-18-20)13(8-11)19-15(21)6-4-12-2-1-7-22-12/h1-10H,(H,19,21)/b6-4+. The van der Waals surface area contributed by atoms with Crippen molar-refractivity contribution in [1.29, 1.82) is 0 Å². The van der Waals surface area contributed by atoms with Gasteiger partial charge in [0.15, 0.2) is 0 Å². The fraction of sp³-hybridized carbons (Fsp3) is 0. The lowest BCUT2D eigenvalue weighted by Gasteiger charge is -2.09. The van der Waals surface area contributed by atoms with Crippen molar-refractivity contribution in [1.82, 2.24) is 14.8 Å². The second-order valence-corrected chi connectivity index (χ2v) is 5.76. The molecule has 3 aromatic rings. The molecule has 2 heterocycles. The Labute approximate surface area is 135 Å². The monoisotopic (exact) mass is 330 g/mol. The Morgan fingerprint density at radius 3 is 3.00 bits per heavy atom. The number of carbonyl (C=O) groups is 1.